The molecule has 11 heteroatoms. The van der Waals surface area contributed by atoms with Gasteiger partial charge >= 0.3 is 6.18 Å². The molecule has 1 aliphatic heterocycles. The van der Waals surface area contributed by atoms with Crippen molar-refractivity contribution in [3.8, 4) is 11.1 Å². The third kappa shape index (κ3) is 4.68. The van der Waals surface area contributed by atoms with Gasteiger partial charge in [-0.25, -0.2) is 4.98 Å². The van der Waals surface area contributed by atoms with Gasteiger partial charge in [-0.15, -0.1) is 0 Å². The summed E-state index contributed by atoms with van der Waals surface area (Å²) in [6.45, 7) is 5.65. The Balaban J connectivity index is 1.53. The van der Waals surface area contributed by atoms with Crippen LogP contribution in [0.15, 0.2) is 40.9 Å². The van der Waals surface area contributed by atoms with Crippen LogP contribution in [0.1, 0.15) is 74.3 Å². The van der Waals surface area contributed by atoms with E-state index in [1.807, 2.05) is 39.0 Å². The molecule has 2 aliphatic rings. The van der Waals surface area contributed by atoms with Crippen molar-refractivity contribution in [1.29, 1.82) is 0 Å². The van der Waals surface area contributed by atoms with Crippen LogP contribution >= 0.6 is 11.6 Å². The van der Waals surface area contributed by atoms with Crippen LogP contribution in [0, 0.1) is 13.8 Å². The number of hydrogen-bond acceptors (Lipinski definition) is 5. The van der Waals surface area contributed by atoms with Crippen molar-refractivity contribution in [1.82, 2.24) is 14.7 Å². The van der Waals surface area contributed by atoms with Gasteiger partial charge in [-0.3, -0.25) is 9.69 Å². The molecular formula is C31H32ClF3N4O3. The van der Waals surface area contributed by atoms with E-state index in [-0.39, 0.29) is 30.2 Å². The van der Waals surface area contributed by atoms with Crippen LogP contribution in [0.3, 0.4) is 0 Å². The molecule has 3 heterocycles. The molecule has 0 bridgehead atoms. The molecule has 6 rings (SSSR count). The molecule has 42 heavy (non-hydrogen) atoms. The van der Waals surface area contributed by atoms with Crippen molar-refractivity contribution < 1.29 is 27.2 Å². The van der Waals surface area contributed by atoms with Crippen molar-refractivity contribution in [2.75, 3.05) is 12.0 Å². The molecule has 4 aromatic rings. The molecule has 222 valence electrons. The predicted octanol–water partition coefficient (Wildman–Crippen LogP) is 8.15. The van der Waals surface area contributed by atoms with Gasteiger partial charge in [0, 0.05) is 30.8 Å². The van der Waals surface area contributed by atoms with Crippen molar-refractivity contribution in [3.05, 3.63) is 64.3 Å². The van der Waals surface area contributed by atoms with Crippen molar-refractivity contribution in [2.45, 2.75) is 83.2 Å². The minimum Gasteiger partial charge on any atom is -0.381 e. The molecule has 0 radical (unpaired) electrons. The number of alkyl halides is 3. The van der Waals surface area contributed by atoms with E-state index in [1.54, 1.807) is 7.11 Å². The second-order valence-electron chi connectivity index (χ2n) is 11.5. The number of carbonyl (C=O) groups is 1. The van der Waals surface area contributed by atoms with Crippen molar-refractivity contribution >= 4 is 34.2 Å². The van der Waals surface area contributed by atoms with Gasteiger partial charge < -0.3 is 13.8 Å². The van der Waals surface area contributed by atoms with Gasteiger partial charge in [0.05, 0.1) is 33.4 Å². The molecule has 1 saturated heterocycles. The predicted molar refractivity (Wildman–Crippen MR) is 154 cm³/mol. The number of nitrogens with zero attached hydrogens (tertiary/aromatic N) is 4. The fourth-order valence-electron chi connectivity index (χ4n) is 6.80. The molecule has 2 aromatic heterocycles. The Kier molecular flexibility index (Phi) is 7.13. The van der Waals surface area contributed by atoms with E-state index in [4.69, 9.17) is 25.8 Å². The number of methoxy groups -OCH3 is 1. The number of hydrogen-bond donors (Lipinski definition) is 0. The van der Waals surface area contributed by atoms with E-state index in [1.165, 1.54) is 17.0 Å². The maximum atomic E-state index is 13.8. The Morgan fingerprint density at radius 3 is 2.48 bits per heavy atom. The number of aryl methyl sites for hydroxylation is 2. The van der Waals surface area contributed by atoms with Crippen LogP contribution in [0.5, 0.6) is 0 Å². The molecule has 2 aromatic carbocycles. The summed E-state index contributed by atoms with van der Waals surface area (Å²) in [7, 11) is 1.73. The third-order valence-corrected chi connectivity index (χ3v) is 9.25. The van der Waals surface area contributed by atoms with Crippen LogP contribution in [0.25, 0.3) is 22.2 Å². The summed E-state index contributed by atoms with van der Waals surface area (Å²) in [6, 6.07) is 9.79. The molecule has 0 spiro atoms. The number of aromatic nitrogens is 3. The number of amides is 1. The van der Waals surface area contributed by atoms with Crippen molar-refractivity contribution in [3.63, 3.8) is 0 Å². The minimum atomic E-state index is -4.66. The van der Waals surface area contributed by atoms with E-state index in [0.29, 0.717) is 18.0 Å². The first-order valence-corrected chi connectivity index (χ1v) is 14.5. The fourth-order valence-corrected chi connectivity index (χ4v) is 7.02. The van der Waals surface area contributed by atoms with E-state index in [0.717, 1.165) is 59.6 Å². The van der Waals surface area contributed by atoms with E-state index in [9.17, 15) is 18.0 Å². The summed E-state index contributed by atoms with van der Waals surface area (Å²) in [5.74, 6) is 1.10. The lowest BCUT2D eigenvalue weighted by Gasteiger charge is -2.38. The molecule has 1 aliphatic carbocycles. The highest BCUT2D eigenvalue weighted by Gasteiger charge is 2.48. The highest BCUT2D eigenvalue weighted by molar-refractivity contribution is 6.31. The number of ether oxygens (including phenoxy) is 1. The van der Waals surface area contributed by atoms with Gasteiger partial charge in [0.1, 0.15) is 17.1 Å². The summed E-state index contributed by atoms with van der Waals surface area (Å²) >= 11 is 5.93. The molecule has 0 N–H and O–H groups in total. The molecule has 0 unspecified atom stereocenters. The van der Waals surface area contributed by atoms with Crippen LogP contribution in [-0.2, 0) is 21.2 Å². The number of imidazole rings is 1. The maximum absolute atomic E-state index is 13.8. The van der Waals surface area contributed by atoms with E-state index in [2.05, 4.69) is 9.72 Å². The molecule has 1 atom stereocenters. The molecule has 2 fully saturated rings. The normalized spacial score (nSPS) is 23.3. The monoisotopic (exact) mass is 600 g/mol. The second-order valence-corrected chi connectivity index (χ2v) is 11.9. The molecule has 1 amide bonds. The van der Waals surface area contributed by atoms with Crippen LogP contribution in [0.4, 0.5) is 18.9 Å². The SMILES string of the molecule is COC1CCC(n2c([C@@]3(C)CCC(=O)N3c3ccc(Cl)c(C(F)(F)F)c3)nc3cc(-c4c(C)noc4C)ccc32)CC1. The topological polar surface area (TPSA) is 73.4 Å². The lowest BCUT2D eigenvalue weighted by Crippen LogP contribution is -2.44. The second kappa shape index (κ2) is 10.4. The Morgan fingerprint density at radius 1 is 1.10 bits per heavy atom. The molecule has 1 saturated carbocycles. The molecular weight excluding hydrogens is 569 g/mol. The zero-order valence-corrected chi connectivity index (χ0v) is 24.6. The largest absolute Gasteiger partial charge is 0.417 e. The first-order valence-electron chi connectivity index (χ1n) is 14.1. The zero-order valence-electron chi connectivity index (χ0n) is 23.9. The highest BCUT2D eigenvalue weighted by atomic mass is 35.5. The lowest BCUT2D eigenvalue weighted by atomic mass is 9.90. The molecule has 7 nitrogen and oxygen atoms in total. The van der Waals surface area contributed by atoms with E-state index >= 15 is 0 Å². The van der Waals surface area contributed by atoms with Gasteiger partial charge in [0.25, 0.3) is 0 Å². The highest BCUT2D eigenvalue weighted by Crippen LogP contribution is 2.47. The lowest BCUT2D eigenvalue weighted by molar-refractivity contribution is -0.137. The van der Waals surface area contributed by atoms with Gasteiger partial charge in [-0.2, -0.15) is 13.2 Å². The number of anilines is 1. The summed E-state index contributed by atoms with van der Waals surface area (Å²) in [4.78, 5) is 20.0. The number of fused-ring (bicyclic) bond motifs is 1. The standard InChI is InChI=1S/C31H32ClF3N4O3/c1-17-28(18(2)42-37-17)19-5-12-26-25(15-19)36-29(38(26)20-6-9-22(41-4)10-7-20)30(3)14-13-27(40)39(30)21-8-11-24(32)23(16-21)31(33,34)35/h5,8,11-12,15-16,20,22H,6-7,9-10,13-14H2,1-4H3/t20?,22?,30-/m1/s1. The van der Waals surface area contributed by atoms with Crippen molar-refractivity contribution in [2.24, 2.45) is 0 Å². The summed E-state index contributed by atoms with van der Waals surface area (Å²) < 4.78 is 54.7. The first kappa shape index (κ1) is 28.7. The summed E-state index contributed by atoms with van der Waals surface area (Å²) in [6.07, 6.45) is -0.425. The Hall–Kier alpha value is -3.37. The fraction of sp³-hybridized carbons (Fsp3) is 0.452. The van der Waals surface area contributed by atoms with Crippen LogP contribution < -0.4 is 4.90 Å². The Labute approximate surface area is 246 Å². The minimum absolute atomic E-state index is 0.0895. The van der Waals surface area contributed by atoms with Gasteiger partial charge in [0.2, 0.25) is 5.91 Å². The summed E-state index contributed by atoms with van der Waals surface area (Å²) in [5, 5.41) is 3.69. The third-order valence-electron chi connectivity index (χ3n) is 8.92. The average molecular weight is 601 g/mol. The van der Waals surface area contributed by atoms with Gasteiger partial charge in [0.15, 0.2) is 0 Å². The van der Waals surface area contributed by atoms with E-state index < -0.39 is 22.3 Å². The average Bonchev–Trinajstić information content (AvgIpc) is 3.61. The quantitative estimate of drug-likeness (QED) is 0.231. The first-order chi connectivity index (χ1) is 19.9. The Morgan fingerprint density at radius 2 is 1.83 bits per heavy atom. The number of benzene rings is 2. The number of carbonyl (C=O) groups excluding carboxylic acids is 1. The number of rotatable bonds is 5. The van der Waals surface area contributed by atoms with Crippen LogP contribution in [0.2, 0.25) is 5.02 Å². The van der Waals surface area contributed by atoms with Crippen LogP contribution in [-0.4, -0.2) is 33.8 Å². The smallest absolute Gasteiger partial charge is 0.381 e. The Bertz CT molecular complexity index is 1650. The van der Waals surface area contributed by atoms with Gasteiger partial charge in [-0.1, -0.05) is 22.8 Å². The van der Waals surface area contributed by atoms with Gasteiger partial charge in [-0.05, 0) is 88.8 Å². The summed E-state index contributed by atoms with van der Waals surface area (Å²) in [5.41, 5.74) is 2.42. The number of halogens is 4. The zero-order chi connectivity index (χ0) is 30.0. The maximum Gasteiger partial charge on any atom is 0.417 e.